The molecule has 1 N–H and O–H groups in total. The Morgan fingerprint density at radius 1 is 1.32 bits per heavy atom. The van der Waals surface area contributed by atoms with Gasteiger partial charge in [-0.25, -0.2) is 4.79 Å². The second-order valence-electron chi connectivity index (χ2n) is 5.57. The van der Waals surface area contributed by atoms with E-state index in [0.717, 1.165) is 6.42 Å². The SMILES string of the molecule is CCCc1c(Cl)[nH]c(=O)n(CC(C)(C)N(C)C)c1=O. The molecule has 0 spiro atoms. The molecule has 0 atom stereocenters. The molecule has 0 saturated heterocycles. The molecule has 6 heteroatoms. The van der Waals surface area contributed by atoms with Crippen molar-refractivity contribution < 1.29 is 0 Å². The van der Waals surface area contributed by atoms with Crippen molar-refractivity contribution in [2.24, 2.45) is 0 Å². The van der Waals surface area contributed by atoms with Gasteiger partial charge in [-0.1, -0.05) is 24.9 Å². The Hall–Kier alpha value is -1.07. The quantitative estimate of drug-likeness (QED) is 0.835. The average molecular weight is 288 g/mol. The normalized spacial score (nSPS) is 12.2. The molecule has 1 aromatic heterocycles. The molecule has 0 aliphatic carbocycles. The van der Waals surface area contributed by atoms with Gasteiger partial charge in [-0.3, -0.25) is 14.3 Å². The Balaban J connectivity index is 3.33. The minimum Gasteiger partial charge on any atom is -0.302 e. The molecule has 1 rings (SSSR count). The molecular weight excluding hydrogens is 266 g/mol. The molecule has 0 radical (unpaired) electrons. The number of likely N-dealkylation sites (N-methyl/N-ethyl adjacent to an activating group) is 1. The Labute approximate surface area is 118 Å². The van der Waals surface area contributed by atoms with Crippen molar-refractivity contribution in [3.63, 3.8) is 0 Å². The number of hydrogen-bond donors (Lipinski definition) is 1. The van der Waals surface area contributed by atoms with Crippen molar-refractivity contribution in [3.05, 3.63) is 31.6 Å². The lowest BCUT2D eigenvalue weighted by Crippen LogP contribution is -2.49. The molecule has 0 fully saturated rings. The number of nitrogens with zero attached hydrogens (tertiary/aromatic N) is 2. The molecule has 0 aliphatic rings. The van der Waals surface area contributed by atoms with Crippen molar-refractivity contribution in [1.29, 1.82) is 0 Å². The molecule has 108 valence electrons. The van der Waals surface area contributed by atoms with Crippen molar-refractivity contribution in [1.82, 2.24) is 14.5 Å². The molecule has 1 aromatic rings. The van der Waals surface area contributed by atoms with Gasteiger partial charge in [-0.15, -0.1) is 0 Å². The van der Waals surface area contributed by atoms with Crippen LogP contribution in [0.3, 0.4) is 0 Å². The number of nitrogens with one attached hydrogen (secondary N) is 1. The zero-order valence-electron chi connectivity index (χ0n) is 12.2. The highest BCUT2D eigenvalue weighted by Crippen LogP contribution is 2.13. The van der Waals surface area contributed by atoms with Crippen LogP contribution in [0.25, 0.3) is 0 Å². The monoisotopic (exact) mass is 287 g/mol. The van der Waals surface area contributed by atoms with Crippen LogP contribution in [0.15, 0.2) is 9.59 Å². The lowest BCUT2D eigenvalue weighted by molar-refractivity contribution is 0.165. The maximum atomic E-state index is 12.3. The van der Waals surface area contributed by atoms with Gasteiger partial charge in [0.1, 0.15) is 5.15 Å². The number of hydrogen-bond acceptors (Lipinski definition) is 3. The molecule has 0 bridgehead atoms. The fourth-order valence-corrected chi connectivity index (χ4v) is 1.98. The van der Waals surface area contributed by atoms with Crippen LogP contribution >= 0.6 is 11.6 Å². The van der Waals surface area contributed by atoms with Gasteiger partial charge in [0, 0.05) is 12.1 Å². The summed E-state index contributed by atoms with van der Waals surface area (Å²) in [5, 5.41) is 0.163. The standard InChI is InChI=1S/C13H22ClN3O2/c1-6-7-9-10(14)15-12(19)17(11(9)18)8-13(2,3)16(4)5/h6-8H2,1-5H3,(H,15,19). The van der Waals surface area contributed by atoms with Crippen molar-refractivity contribution in [3.8, 4) is 0 Å². The summed E-state index contributed by atoms with van der Waals surface area (Å²) in [6.45, 7) is 6.25. The van der Waals surface area contributed by atoms with Crippen LogP contribution in [0.4, 0.5) is 0 Å². The molecule has 0 saturated carbocycles. The van der Waals surface area contributed by atoms with E-state index >= 15 is 0 Å². The Morgan fingerprint density at radius 3 is 2.37 bits per heavy atom. The predicted molar refractivity (Wildman–Crippen MR) is 78.1 cm³/mol. The Kier molecular flexibility index (Phi) is 4.98. The predicted octanol–water partition coefficient (Wildman–Crippen LogP) is 1.48. The third-order valence-corrected chi connectivity index (χ3v) is 3.81. The van der Waals surface area contributed by atoms with Crippen molar-refractivity contribution >= 4 is 11.6 Å². The highest BCUT2D eigenvalue weighted by atomic mass is 35.5. The van der Waals surface area contributed by atoms with E-state index in [1.54, 1.807) is 0 Å². The summed E-state index contributed by atoms with van der Waals surface area (Å²) in [7, 11) is 3.84. The topological polar surface area (TPSA) is 58.1 Å². The summed E-state index contributed by atoms with van der Waals surface area (Å²) in [6.07, 6.45) is 1.37. The van der Waals surface area contributed by atoms with Crippen LogP contribution in [0.1, 0.15) is 32.8 Å². The van der Waals surface area contributed by atoms with E-state index in [9.17, 15) is 9.59 Å². The lowest BCUT2D eigenvalue weighted by atomic mass is 10.0. The van der Waals surface area contributed by atoms with Gasteiger partial charge in [0.05, 0.1) is 5.56 Å². The summed E-state index contributed by atoms with van der Waals surface area (Å²) in [5.41, 5.74) is -0.553. The van der Waals surface area contributed by atoms with E-state index in [1.165, 1.54) is 4.57 Å². The number of aromatic amines is 1. The first-order valence-electron chi connectivity index (χ1n) is 6.39. The van der Waals surface area contributed by atoms with Gasteiger partial charge in [-0.05, 0) is 34.4 Å². The number of halogens is 1. The van der Waals surface area contributed by atoms with Gasteiger partial charge in [-0.2, -0.15) is 0 Å². The van der Waals surface area contributed by atoms with Crippen LogP contribution < -0.4 is 11.2 Å². The average Bonchev–Trinajstić information content (AvgIpc) is 2.30. The van der Waals surface area contributed by atoms with Crippen LogP contribution in [0.2, 0.25) is 5.15 Å². The van der Waals surface area contributed by atoms with E-state index in [1.807, 2.05) is 39.8 Å². The second-order valence-corrected chi connectivity index (χ2v) is 5.95. The minimum atomic E-state index is -0.454. The first-order chi connectivity index (χ1) is 8.70. The molecule has 0 amide bonds. The van der Waals surface area contributed by atoms with Gasteiger partial charge >= 0.3 is 5.69 Å². The third kappa shape index (κ3) is 3.48. The maximum absolute atomic E-state index is 12.3. The van der Waals surface area contributed by atoms with Gasteiger partial charge in [0.25, 0.3) is 5.56 Å². The summed E-state index contributed by atoms with van der Waals surface area (Å²) in [4.78, 5) is 28.8. The third-order valence-electron chi connectivity index (χ3n) is 3.49. The van der Waals surface area contributed by atoms with Crippen molar-refractivity contribution in [2.75, 3.05) is 14.1 Å². The highest BCUT2D eigenvalue weighted by Gasteiger charge is 2.24. The van der Waals surface area contributed by atoms with E-state index in [-0.39, 0.29) is 16.3 Å². The van der Waals surface area contributed by atoms with Gasteiger partial charge < -0.3 is 4.90 Å². The zero-order valence-corrected chi connectivity index (χ0v) is 13.0. The summed E-state index contributed by atoms with van der Waals surface area (Å²) in [6, 6.07) is 0. The van der Waals surface area contributed by atoms with Crippen LogP contribution in [0.5, 0.6) is 0 Å². The minimum absolute atomic E-state index is 0.163. The number of H-pyrrole nitrogens is 1. The Morgan fingerprint density at radius 2 is 1.89 bits per heavy atom. The lowest BCUT2D eigenvalue weighted by Gasteiger charge is -2.32. The summed E-state index contributed by atoms with van der Waals surface area (Å²) in [5.74, 6) is 0. The highest BCUT2D eigenvalue weighted by molar-refractivity contribution is 6.30. The number of rotatable bonds is 5. The van der Waals surface area contributed by atoms with Crippen molar-refractivity contribution in [2.45, 2.75) is 45.7 Å². The second kappa shape index (κ2) is 5.92. The molecule has 0 aliphatic heterocycles. The number of aromatic nitrogens is 2. The smallest absolute Gasteiger partial charge is 0.302 e. The largest absolute Gasteiger partial charge is 0.329 e. The van der Waals surface area contributed by atoms with E-state index < -0.39 is 5.69 Å². The Bertz CT molecular complexity index is 558. The molecule has 5 nitrogen and oxygen atoms in total. The van der Waals surface area contributed by atoms with E-state index in [4.69, 9.17) is 11.6 Å². The van der Waals surface area contributed by atoms with Gasteiger partial charge in [0.15, 0.2) is 0 Å². The molecule has 19 heavy (non-hydrogen) atoms. The molecular formula is C13H22ClN3O2. The summed E-state index contributed by atoms with van der Waals surface area (Å²) >= 11 is 5.94. The fourth-order valence-electron chi connectivity index (χ4n) is 1.72. The molecule has 1 heterocycles. The fraction of sp³-hybridized carbons (Fsp3) is 0.692. The zero-order chi connectivity index (χ0) is 14.8. The van der Waals surface area contributed by atoms with Gasteiger partial charge in [0.2, 0.25) is 0 Å². The maximum Gasteiger partial charge on any atom is 0.329 e. The van der Waals surface area contributed by atoms with Crippen LogP contribution in [-0.2, 0) is 13.0 Å². The molecule has 0 aromatic carbocycles. The van der Waals surface area contributed by atoms with E-state index in [0.29, 0.717) is 18.5 Å². The molecule has 0 unspecified atom stereocenters. The first kappa shape index (κ1) is 16.0. The van der Waals surface area contributed by atoms with Crippen LogP contribution in [0, 0.1) is 0 Å². The summed E-state index contributed by atoms with van der Waals surface area (Å²) < 4.78 is 1.23. The van der Waals surface area contributed by atoms with Crippen LogP contribution in [-0.4, -0.2) is 34.1 Å². The van der Waals surface area contributed by atoms with E-state index in [2.05, 4.69) is 4.98 Å². The first-order valence-corrected chi connectivity index (χ1v) is 6.77.